The van der Waals surface area contributed by atoms with E-state index in [2.05, 4.69) is 4.74 Å². The van der Waals surface area contributed by atoms with Gasteiger partial charge in [0.25, 0.3) is 0 Å². The second-order valence-corrected chi connectivity index (χ2v) is 2.20. The van der Waals surface area contributed by atoms with Gasteiger partial charge in [0.05, 0.1) is 6.61 Å². The summed E-state index contributed by atoms with van der Waals surface area (Å²) in [6, 6.07) is 0. The van der Waals surface area contributed by atoms with Crippen molar-refractivity contribution in [2.45, 2.75) is 19.4 Å². The van der Waals surface area contributed by atoms with E-state index in [1.165, 1.54) is 6.92 Å². The van der Waals surface area contributed by atoms with E-state index < -0.39 is 11.6 Å². The average molecular weight is 184 g/mol. The third-order valence-corrected chi connectivity index (χ3v) is 1.11. The zero-order valence-electron chi connectivity index (χ0n) is 6.66. The molecule has 0 aliphatic heterocycles. The summed E-state index contributed by atoms with van der Waals surface area (Å²) in [6.45, 7) is 3.14. The molecule has 0 amide bonds. The van der Waals surface area contributed by atoms with Crippen molar-refractivity contribution >= 4 is 18.4 Å². The molecule has 0 aliphatic carbocycles. The average Bonchev–Trinajstić information content (AvgIpc) is 1.89. The van der Waals surface area contributed by atoms with Gasteiger partial charge in [-0.3, -0.25) is 0 Å². The van der Waals surface area contributed by atoms with E-state index in [-0.39, 0.29) is 25.6 Å². The second kappa shape index (κ2) is 5.35. The van der Waals surface area contributed by atoms with Gasteiger partial charge in [0.2, 0.25) is 0 Å². The monoisotopic (exact) mass is 183 g/mol. The molecular formula is C6H14ClNO3. The third-order valence-electron chi connectivity index (χ3n) is 1.11. The fraction of sp³-hybridized carbons (Fsp3) is 0.833. The fourth-order valence-corrected chi connectivity index (χ4v) is 0.370. The van der Waals surface area contributed by atoms with Crippen LogP contribution >= 0.6 is 12.4 Å². The lowest BCUT2D eigenvalue weighted by Crippen LogP contribution is -2.43. The van der Waals surface area contributed by atoms with E-state index in [1.807, 2.05) is 0 Å². The molecule has 0 bridgehead atoms. The molecule has 11 heavy (non-hydrogen) atoms. The van der Waals surface area contributed by atoms with Crippen LogP contribution in [-0.4, -0.2) is 29.8 Å². The molecule has 0 aliphatic rings. The number of nitrogens with two attached hydrogens (primary N) is 1. The number of esters is 1. The molecule has 0 aromatic rings. The van der Waals surface area contributed by atoms with Gasteiger partial charge in [-0.15, -0.1) is 12.4 Å². The molecular weight excluding hydrogens is 170 g/mol. The van der Waals surface area contributed by atoms with Crippen LogP contribution in [0.25, 0.3) is 0 Å². The molecule has 1 atom stereocenters. The number of hydrogen-bond donors (Lipinski definition) is 2. The molecule has 0 aromatic carbocycles. The van der Waals surface area contributed by atoms with Gasteiger partial charge in [0.15, 0.2) is 5.60 Å². The number of rotatable bonds is 3. The van der Waals surface area contributed by atoms with Crippen LogP contribution in [0.5, 0.6) is 0 Å². The van der Waals surface area contributed by atoms with Crippen molar-refractivity contribution in [2.75, 3.05) is 13.2 Å². The lowest BCUT2D eigenvalue weighted by Gasteiger charge is -2.17. The maximum atomic E-state index is 10.7. The summed E-state index contributed by atoms with van der Waals surface area (Å²) in [7, 11) is 0. The highest BCUT2D eigenvalue weighted by Crippen LogP contribution is 2.02. The summed E-state index contributed by atoms with van der Waals surface area (Å²) < 4.78 is 4.53. The number of hydrogen-bond acceptors (Lipinski definition) is 4. The largest absolute Gasteiger partial charge is 0.464 e. The summed E-state index contributed by atoms with van der Waals surface area (Å²) in [5.41, 5.74) is 3.55. The molecule has 5 heteroatoms. The molecule has 3 N–H and O–H groups in total. The first-order valence-electron chi connectivity index (χ1n) is 3.14. The highest BCUT2D eigenvalue weighted by molar-refractivity contribution is 5.85. The number of aliphatic hydroxyl groups is 1. The number of halogens is 1. The number of carbonyl (C=O) groups excluding carboxylic acids is 1. The van der Waals surface area contributed by atoms with Gasteiger partial charge in [-0.25, -0.2) is 4.79 Å². The van der Waals surface area contributed by atoms with Gasteiger partial charge in [-0.05, 0) is 13.8 Å². The topological polar surface area (TPSA) is 72.5 Å². The normalized spacial score (nSPS) is 14.5. The van der Waals surface area contributed by atoms with Crippen molar-refractivity contribution in [3.05, 3.63) is 0 Å². The van der Waals surface area contributed by atoms with Crippen molar-refractivity contribution in [3.8, 4) is 0 Å². The van der Waals surface area contributed by atoms with Crippen LogP contribution in [0, 0.1) is 0 Å². The zero-order chi connectivity index (χ0) is 8.20. The molecule has 0 fully saturated rings. The van der Waals surface area contributed by atoms with Crippen LogP contribution in [0.3, 0.4) is 0 Å². The Morgan fingerprint density at radius 2 is 2.18 bits per heavy atom. The number of ether oxygens (including phenoxy) is 1. The van der Waals surface area contributed by atoms with Crippen LogP contribution in [0.2, 0.25) is 0 Å². The Morgan fingerprint density at radius 3 is 2.45 bits per heavy atom. The number of carbonyl (C=O) groups is 1. The van der Waals surface area contributed by atoms with E-state index in [9.17, 15) is 4.79 Å². The highest BCUT2D eigenvalue weighted by atomic mass is 35.5. The predicted molar refractivity (Wildman–Crippen MR) is 43.6 cm³/mol. The minimum Gasteiger partial charge on any atom is -0.464 e. The molecule has 0 radical (unpaired) electrons. The molecule has 0 rings (SSSR count). The van der Waals surface area contributed by atoms with E-state index in [1.54, 1.807) is 6.92 Å². The van der Waals surface area contributed by atoms with Crippen LogP contribution in [0.15, 0.2) is 0 Å². The Hall–Kier alpha value is -0.320. The Bertz CT molecular complexity index is 127. The summed E-state index contributed by atoms with van der Waals surface area (Å²) >= 11 is 0. The second-order valence-electron chi connectivity index (χ2n) is 2.20. The van der Waals surface area contributed by atoms with Gasteiger partial charge in [-0.1, -0.05) is 0 Å². The van der Waals surface area contributed by atoms with Crippen molar-refractivity contribution < 1.29 is 14.6 Å². The molecule has 0 saturated heterocycles. The van der Waals surface area contributed by atoms with E-state index in [0.717, 1.165) is 0 Å². The van der Waals surface area contributed by atoms with Crippen molar-refractivity contribution in [1.29, 1.82) is 0 Å². The van der Waals surface area contributed by atoms with Crippen LogP contribution in [0.1, 0.15) is 13.8 Å². The van der Waals surface area contributed by atoms with Gasteiger partial charge < -0.3 is 15.6 Å². The van der Waals surface area contributed by atoms with E-state index in [4.69, 9.17) is 10.8 Å². The summed E-state index contributed by atoms with van der Waals surface area (Å²) in [6.07, 6.45) is 0. The predicted octanol–water partition coefficient (Wildman–Crippen LogP) is -0.319. The van der Waals surface area contributed by atoms with E-state index >= 15 is 0 Å². The van der Waals surface area contributed by atoms with Gasteiger partial charge >= 0.3 is 5.97 Å². The maximum absolute atomic E-state index is 10.7. The lowest BCUT2D eigenvalue weighted by molar-refractivity contribution is -0.162. The summed E-state index contributed by atoms with van der Waals surface area (Å²) in [5.74, 6) is -0.669. The fourth-order valence-electron chi connectivity index (χ4n) is 0.370. The Morgan fingerprint density at radius 1 is 1.73 bits per heavy atom. The molecule has 0 heterocycles. The van der Waals surface area contributed by atoms with Crippen LogP contribution in [-0.2, 0) is 9.53 Å². The molecule has 1 unspecified atom stereocenters. The van der Waals surface area contributed by atoms with Gasteiger partial charge in [0.1, 0.15) is 0 Å². The zero-order valence-corrected chi connectivity index (χ0v) is 7.48. The molecule has 0 saturated carbocycles. The summed E-state index contributed by atoms with van der Waals surface area (Å²) in [5, 5.41) is 9.12. The highest BCUT2D eigenvalue weighted by Gasteiger charge is 2.29. The Kier molecular flexibility index (Phi) is 6.46. The van der Waals surface area contributed by atoms with Crippen LogP contribution < -0.4 is 5.73 Å². The Balaban J connectivity index is 0. The first-order chi connectivity index (χ1) is 4.54. The minimum absolute atomic E-state index is 0. The molecule has 4 nitrogen and oxygen atoms in total. The van der Waals surface area contributed by atoms with Crippen LogP contribution in [0.4, 0.5) is 0 Å². The first-order valence-corrected chi connectivity index (χ1v) is 3.14. The Labute approximate surface area is 72.1 Å². The van der Waals surface area contributed by atoms with Crippen molar-refractivity contribution in [2.24, 2.45) is 5.73 Å². The minimum atomic E-state index is -1.53. The third kappa shape index (κ3) is 4.19. The molecule has 0 spiro atoms. The smallest absolute Gasteiger partial charge is 0.339 e. The van der Waals surface area contributed by atoms with Gasteiger partial charge in [0, 0.05) is 6.54 Å². The lowest BCUT2D eigenvalue weighted by atomic mass is 10.1. The van der Waals surface area contributed by atoms with E-state index in [0.29, 0.717) is 0 Å². The van der Waals surface area contributed by atoms with Crippen molar-refractivity contribution in [1.82, 2.24) is 0 Å². The first kappa shape index (κ1) is 13.3. The quantitative estimate of drug-likeness (QED) is 0.589. The molecule has 68 valence electrons. The SMILES string of the molecule is CCOC(=O)C(C)(O)CN.Cl. The summed E-state index contributed by atoms with van der Waals surface area (Å²) in [4.78, 5) is 10.7. The maximum Gasteiger partial charge on any atom is 0.339 e. The van der Waals surface area contributed by atoms with Crippen molar-refractivity contribution in [3.63, 3.8) is 0 Å². The van der Waals surface area contributed by atoms with Gasteiger partial charge in [-0.2, -0.15) is 0 Å². The standard InChI is InChI=1S/C6H13NO3.ClH/c1-3-10-5(8)6(2,9)4-7;/h9H,3-4,7H2,1-2H3;1H. The molecule has 0 aromatic heterocycles.